The molecule has 69 heavy (non-hydrogen) atoms. The van der Waals surface area contributed by atoms with E-state index in [1.807, 2.05) is 48.5 Å². The number of anilines is 6. The van der Waals surface area contributed by atoms with Crippen LogP contribution in [0.2, 0.25) is 0 Å². The van der Waals surface area contributed by atoms with Crippen LogP contribution in [0.25, 0.3) is 56.2 Å². The number of benzene rings is 8. The second-order valence-corrected chi connectivity index (χ2v) is 18.7. The van der Waals surface area contributed by atoms with Crippen molar-refractivity contribution in [3.05, 3.63) is 241 Å². The number of fused-ring (bicyclic) bond motifs is 11. The largest absolute Gasteiger partial charge is 0.436 e. The lowest BCUT2D eigenvalue weighted by Gasteiger charge is -2.39. The van der Waals surface area contributed by atoms with Gasteiger partial charge in [-0.3, -0.25) is 0 Å². The molecule has 0 radical (unpaired) electrons. The van der Waals surface area contributed by atoms with Gasteiger partial charge in [0.15, 0.2) is 11.2 Å². The molecular formula is C63H46N4O2. The lowest BCUT2D eigenvalue weighted by molar-refractivity contribution is 0.355. The summed E-state index contributed by atoms with van der Waals surface area (Å²) in [4.78, 5) is 14.4. The Labute approximate surface area is 400 Å². The van der Waals surface area contributed by atoms with Gasteiger partial charge in [0, 0.05) is 51.2 Å². The zero-order valence-corrected chi connectivity index (χ0v) is 37.9. The van der Waals surface area contributed by atoms with Crippen LogP contribution in [0, 0.1) is 11.8 Å². The summed E-state index contributed by atoms with van der Waals surface area (Å²) in [6.07, 6.45) is 14.4. The first-order valence-corrected chi connectivity index (χ1v) is 24.2. The Morgan fingerprint density at radius 2 is 0.942 bits per heavy atom. The fourth-order valence-corrected chi connectivity index (χ4v) is 12.1. The lowest BCUT2D eigenvalue weighted by Crippen LogP contribution is -2.35. The third-order valence-corrected chi connectivity index (χ3v) is 15.0. The average molecular weight is 891 g/mol. The van der Waals surface area contributed by atoms with E-state index in [0.717, 1.165) is 86.7 Å². The maximum absolute atomic E-state index is 6.20. The Hall–Kier alpha value is -8.48. The van der Waals surface area contributed by atoms with Gasteiger partial charge in [0.2, 0.25) is 11.8 Å². The van der Waals surface area contributed by atoms with Crippen LogP contribution in [0.3, 0.4) is 0 Å². The van der Waals surface area contributed by atoms with Crippen LogP contribution >= 0.6 is 0 Å². The fraction of sp³-hybridized carbons (Fsp3) is 0.111. The summed E-state index contributed by atoms with van der Waals surface area (Å²) in [5.41, 5.74) is 19.8. The van der Waals surface area contributed by atoms with Gasteiger partial charge in [-0.2, -0.15) is 0 Å². The predicted molar refractivity (Wildman–Crippen MR) is 279 cm³/mol. The summed E-state index contributed by atoms with van der Waals surface area (Å²) in [6.45, 7) is 0. The molecule has 6 nitrogen and oxygen atoms in total. The lowest BCUT2D eigenvalue weighted by atomic mass is 9.63. The Bertz CT molecular complexity index is 3420. The van der Waals surface area contributed by atoms with E-state index in [4.69, 9.17) is 18.8 Å². The van der Waals surface area contributed by atoms with Crippen molar-refractivity contribution in [3.8, 4) is 34.0 Å². The van der Waals surface area contributed by atoms with Crippen molar-refractivity contribution in [1.29, 1.82) is 0 Å². The van der Waals surface area contributed by atoms with E-state index >= 15 is 0 Å². The van der Waals surface area contributed by atoms with Gasteiger partial charge in [0.1, 0.15) is 11.0 Å². The fourth-order valence-electron chi connectivity index (χ4n) is 12.1. The molecule has 2 aromatic heterocycles. The van der Waals surface area contributed by atoms with E-state index in [2.05, 4.69) is 180 Å². The molecule has 0 aliphatic heterocycles. The standard InChI is InChI=1S/C63H46N4O2/c1-3-15-43(16-4-1)66(45-31-27-41(28-32-45)61-64-57-23-11-13-25-59(57)68-61)47-35-37-51-52-38-36-48(40-56(52)63(55(51)39-47)53-21-9-7-19-49(53)50-20-8-10-22-54(50)63)67(44-17-5-2-6-18-44)46-33-29-42(30-34-46)62-65-58-24-12-14-26-60(58)69-62/h1-6,9-18,21-40,49,53H,7-8,19-20H2. The molecular weight excluding hydrogens is 845 g/mol. The molecule has 4 aliphatic carbocycles. The van der Waals surface area contributed by atoms with Crippen LogP contribution in [0.1, 0.15) is 36.8 Å². The second kappa shape index (κ2) is 15.8. The highest BCUT2D eigenvalue weighted by atomic mass is 16.4. The monoisotopic (exact) mass is 890 g/mol. The van der Waals surface area contributed by atoms with E-state index in [9.17, 15) is 0 Å². The number of oxazole rings is 2. The van der Waals surface area contributed by atoms with Crippen LogP contribution in [-0.4, -0.2) is 9.97 Å². The quantitative estimate of drug-likeness (QED) is 0.142. The maximum Gasteiger partial charge on any atom is 0.227 e. The topological polar surface area (TPSA) is 58.5 Å². The van der Waals surface area contributed by atoms with Gasteiger partial charge >= 0.3 is 0 Å². The summed E-state index contributed by atoms with van der Waals surface area (Å²) in [5.74, 6) is 2.00. The van der Waals surface area contributed by atoms with Crippen molar-refractivity contribution in [1.82, 2.24) is 9.97 Å². The van der Waals surface area contributed by atoms with Gasteiger partial charge < -0.3 is 18.6 Å². The normalized spacial score (nSPS) is 17.3. The summed E-state index contributed by atoms with van der Waals surface area (Å²) >= 11 is 0. The van der Waals surface area contributed by atoms with Gasteiger partial charge in [-0.15, -0.1) is 0 Å². The third-order valence-electron chi connectivity index (χ3n) is 15.0. The molecule has 8 aromatic carbocycles. The molecule has 14 rings (SSSR count). The first-order valence-electron chi connectivity index (χ1n) is 24.2. The second-order valence-electron chi connectivity index (χ2n) is 18.7. The van der Waals surface area contributed by atoms with E-state index in [-0.39, 0.29) is 11.3 Å². The smallest absolute Gasteiger partial charge is 0.227 e. The van der Waals surface area contributed by atoms with Crippen molar-refractivity contribution in [2.45, 2.75) is 31.1 Å². The van der Waals surface area contributed by atoms with Crippen molar-refractivity contribution in [2.24, 2.45) is 11.8 Å². The van der Waals surface area contributed by atoms with E-state index < -0.39 is 0 Å². The Morgan fingerprint density at radius 1 is 0.464 bits per heavy atom. The highest BCUT2D eigenvalue weighted by Crippen LogP contribution is 2.67. The molecule has 2 unspecified atom stereocenters. The minimum absolute atomic E-state index is 0.283. The van der Waals surface area contributed by atoms with Gasteiger partial charge in [0.25, 0.3) is 0 Å². The SMILES string of the molecule is C1=CC2=C(CC1)C1CCC=CC1C21c2cc(N(c3ccccc3)c3ccc(-c4nc5ccccc5o4)cc3)ccc2-c2ccc(N(c3ccccc3)c3ccc(-c4nc5ccccc5o4)cc3)cc21. The highest BCUT2D eigenvalue weighted by Gasteiger charge is 2.58. The Morgan fingerprint density at radius 3 is 1.46 bits per heavy atom. The summed E-state index contributed by atoms with van der Waals surface area (Å²) < 4.78 is 12.4. The van der Waals surface area contributed by atoms with Gasteiger partial charge in [0.05, 0.1) is 5.41 Å². The first-order chi connectivity index (χ1) is 34.2. The van der Waals surface area contributed by atoms with E-state index in [1.165, 1.54) is 34.2 Å². The minimum atomic E-state index is -0.386. The molecule has 0 saturated carbocycles. The van der Waals surface area contributed by atoms with Gasteiger partial charge in [-0.05, 0) is 181 Å². The average Bonchev–Trinajstić information content (AvgIpc) is 4.19. The molecule has 0 fully saturated rings. The Balaban J connectivity index is 0.926. The van der Waals surface area contributed by atoms with Crippen molar-refractivity contribution >= 4 is 56.3 Å². The molecule has 0 saturated heterocycles. The number of hydrogen-bond acceptors (Lipinski definition) is 6. The molecule has 1 spiro atoms. The number of nitrogens with zero attached hydrogens (tertiary/aromatic N) is 4. The molecule has 330 valence electrons. The van der Waals surface area contributed by atoms with Crippen molar-refractivity contribution < 1.29 is 8.83 Å². The van der Waals surface area contributed by atoms with Crippen LogP contribution < -0.4 is 9.80 Å². The number of hydrogen-bond donors (Lipinski definition) is 0. The minimum Gasteiger partial charge on any atom is -0.436 e. The third kappa shape index (κ3) is 6.25. The molecule has 6 heteroatoms. The number of aromatic nitrogens is 2. The first kappa shape index (κ1) is 39.7. The summed E-state index contributed by atoms with van der Waals surface area (Å²) in [6, 6.07) is 69.1. The predicted octanol–water partition coefficient (Wildman–Crippen LogP) is 16.8. The molecule has 4 aliphatic rings. The molecule has 0 amide bonds. The summed E-state index contributed by atoms with van der Waals surface area (Å²) in [5, 5.41) is 0. The molecule has 10 aromatic rings. The molecule has 2 atom stereocenters. The number of rotatable bonds is 8. The number of para-hydroxylation sites is 6. The zero-order chi connectivity index (χ0) is 45.5. The van der Waals surface area contributed by atoms with Crippen molar-refractivity contribution in [3.63, 3.8) is 0 Å². The van der Waals surface area contributed by atoms with E-state index in [1.54, 1.807) is 5.57 Å². The van der Waals surface area contributed by atoms with Crippen LogP contribution in [-0.2, 0) is 5.41 Å². The van der Waals surface area contributed by atoms with Crippen molar-refractivity contribution in [2.75, 3.05) is 9.80 Å². The van der Waals surface area contributed by atoms with Crippen LogP contribution in [0.5, 0.6) is 0 Å². The number of allylic oxidation sites excluding steroid dienone is 6. The zero-order valence-electron chi connectivity index (χ0n) is 37.9. The molecule has 0 bridgehead atoms. The Kier molecular flexibility index (Phi) is 9.09. The molecule has 0 N–H and O–H groups in total. The van der Waals surface area contributed by atoms with Gasteiger partial charge in [-0.25, -0.2) is 9.97 Å². The highest BCUT2D eigenvalue weighted by molar-refractivity contribution is 5.92. The molecule has 2 heterocycles. The maximum atomic E-state index is 6.20. The van der Waals surface area contributed by atoms with Crippen LogP contribution in [0.4, 0.5) is 34.1 Å². The summed E-state index contributed by atoms with van der Waals surface area (Å²) in [7, 11) is 0. The van der Waals surface area contributed by atoms with Gasteiger partial charge in [-0.1, -0.05) is 103 Å². The van der Waals surface area contributed by atoms with E-state index in [0.29, 0.717) is 17.7 Å². The van der Waals surface area contributed by atoms with Crippen LogP contribution in [0.15, 0.2) is 238 Å².